The minimum Gasteiger partial charge on any atom is -0.306 e. The van der Waals surface area contributed by atoms with Gasteiger partial charge in [0.2, 0.25) is 5.91 Å². The third-order valence-electron chi connectivity index (χ3n) is 4.89. The summed E-state index contributed by atoms with van der Waals surface area (Å²) < 4.78 is 0. The van der Waals surface area contributed by atoms with Crippen LogP contribution in [0.25, 0.3) is 0 Å². The molecule has 0 saturated carbocycles. The van der Waals surface area contributed by atoms with Crippen LogP contribution in [-0.2, 0) is 11.3 Å². The highest BCUT2D eigenvalue weighted by Gasteiger charge is 2.28. The molecule has 29 heavy (non-hydrogen) atoms. The molecule has 1 aromatic heterocycles. The molecule has 4 aromatic rings. The SMILES string of the molecule is O=C(C(c1ccccc1)c1ccccc1)N(Cc1ccccn1)c1ccccc1. The molecular formula is C26H22N2O. The maximum atomic E-state index is 13.9. The standard InChI is InChI=1S/C26H22N2O/c29-26(25(21-12-4-1-5-13-21)22-14-6-2-7-15-22)28(24-17-8-3-9-18-24)20-23-16-10-11-19-27-23/h1-19,25H,20H2. The molecule has 0 atom stereocenters. The molecule has 0 radical (unpaired) electrons. The summed E-state index contributed by atoms with van der Waals surface area (Å²) in [6, 6.07) is 35.5. The van der Waals surface area contributed by atoms with Crippen molar-refractivity contribution in [3.8, 4) is 0 Å². The first-order valence-electron chi connectivity index (χ1n) is 9.69. The van der Waals surface area contributed by atoms with Gasteiger partial charge < -0.3 is 4.90 Å². The van der Waals surface area contributed by atoms with Crippen molar-refractivity contribution in [2.75, 3.05) is 4.90 Å². The van der Waals surface area contributed by atoms with Crippen molar-refractivity contribution < 1.29 is 4.79 Å². The molecule has 0 saturated heterocycles. The Bertz CT molecular complexity index is 996. The largest absolute Gasteiger partial charge is 0.306 e. The van der Waals surface area contributed by atoms with Crippen LogP contribution in [-0.4, -0.2) is 10.9 Å². The molecular weight excluding hydrogens is 356 g/mol. The fourth-order valence-corrected chi connectivity index (χ4v) is 3.48. The first-order valence-corrected chi connectivity index (χ1v) is 9.69. The molecule has 1 heterocycles. The van der Waals surface area contributed by atoms with Crippen molar-refractivity contribution in [3.05, 3.63) is 132 Å². The predicted molar refractivity (Wildman–Crippen MR) is 117 cm³/mol. The zero-order chi connectivity index (χ0) is 19.9. The quantitative estimate of drug-likeness (QED) is 0.447. The van der Waals surface area contributed by atoms with E-state index in [9.17, 15) is 4.79 Å². The Morgan fingerprint density at radius 2 is 1.21 bits per heavy atom. The van der Waals surface area contributed by atoms with Crippen molar-refractivity contribution in [2.24, 2.45) is 0 Å². The Balaban J connectivity index is 1.78. The number of para-hydroxylation sites is 1. The fourth-order valence-electron chi connectivity index (χ4n) is 3.48. The average Bonchev–Trinajstić information content (AvgIpc) is 2.80. The van der Waals surface area contributed by atoms with Gasteiger partial charge in [0.25, 0.3) is 0 Å². The number of carbonyl (C=O) groups excluding carboxylic acids is 1. The van der Waals surface area contributed by atoms with Gasteiger partial charge >= 0.3 is 0 Å². The van der Waals surface area contributed by atoms with Gasteiger partial charge in [-0.3, -0.25) is 9.78 Å². The molecule has 3 aromatic carbocycles. The lowest BCUT2D eigenvalue weighted by atomic mass is 9.89. The van der Waals surface area contributed by atoms with E-state index < -0.39 is 0 Å². The number of anilines is 1. The van der Waals surface area contributed by atoms with E-state index in [0.29, 0.717) is 6.54 Å². The number of aromatic nitrogens is 1. The van der Waals surface area contributed by atoms with E-state index >= 15 is 0 Å². The van der Waals surface area contributed by atoms with Gasteiger partial charge in [-0.2, -0.15) is 0 Å². The summed E-state index contributed by atoms with van der Waals surface area (Å²) in [6.07, 6.45) is 1.76. The van der Waals surface area contributed by atoms with E-state index in [2.05, 4.69) is 4.98 Å². The van der Waals surface area contributed by atoms with Gasteiger partial charge in [0.1, 0.15) is 0 Å². The van der Waals surface area contributed by atoms with Gasteiger partial charge in [-0.1, -0.05) is 84.9 Å². The first kappa shape index (κ1) is 18.6. The van der Waals surface area contributed by atoms with Crippen LogP contribution in [0, 0.1) is 0 Å². The smallest absolute Gasteiger partial charge is 0.239 e. The van der Waals surface area contributed by atoms with Gasteiger partial charge in [-0.25, -0.2) is 0 Å². The molecule has 4 rings (SSSR count). The van der Waals surface area contributed by atoms with E-state index in [0.717, 1.165) is 22.5 Å². The Hall–Kier alpha value is -3.72. The number of hydrogen-bond acceptors (Lipinski definition) is 2. The second kappa shape index (κ2) is 8.98. The first-order chi connectivity index (χ1) is 14.3. The van der Waals surface area contributed by atoms with Gasteiger partial charge in [0.05, 0.1) is 18.2 Å². The van der Waals surface area contributed by atoms with Crippen LogP contribution in [0.3, 0.4) is 0 Å². The van der Waals surface area contributed by atoms with Crippen LogP contribution in [0.15, 0.2) is 115 Å². The maximum absolute atomic E-state index is 13.9. The van der Waals surface area contributed by atoms with E-state index in [1.165, 1.54) is 0 Å². The van der Waals surface area contributed by atoms with E-state index in [4.69, 9.17) is 0 Å². The number of amides is 1. The molecule has 0 aliphatic heterocycles. The van der Waals surface area contributed by atoms with Crippen molar-refractivity contribution in [3.63, 3.8) is 0 Å². The van der Waals surface area contributed by atoms with Gasteiger partial charge in [-0.15, -0.1) is 0 Å². The molecule has 0 fully saturated rings. The predicted octanol–water partition coefficient (Wildman–Crippen LogP) is 5.45. The Kier molecular flexibility index (Phi) is 5.77. The summed E-state index contributed by atoms with van der Waals surface area (Å²) in [4.78, 5) is 20.2. The van der Waals surface area contributed by atoms with Crippen LogP contribution in [0.5, 0.6) is 0 Å². The molecule has 3 heteroatoms. The number of nitrogens with zero attached hydrogens (tertiary/aromatic N) is 2. The lowest BCUT2D eigenvalue weighted by molar-refractivity contribution is -0.119. The third kappa shape index (κ3) is 4.41. The highest BCUT2D eigenvalue weighted by Crippen LogP contribution is 2.30. The van der Waals surface area contributed by atoms with Gasteiger partial charge in [0, 0.05) is 11.9 Å². The molecule has 1 amide bonds. The second-order valence-electron chi connectivity index (χ2n) is 6.84. The Morgan fingerprint density at radius 1 is 0.690 bits per heavy atom. The molecule has 0 spiro atoms. The number of benzene rings is 3. The molecule has 0 aliphatic rings. The van der Waals surface area contributed by atoms with Crippen molar-refractivity contribution in [1.82, 2.24) is 4.98 Å². The van der Waals surface area contributed by atoms with Crippen molar-refractivity contribution in [1.29, 1.82) is 0 Å². The highest BCUT2D eigenvalue weighted by molar-refractivity contribution is 6.00. The highest BCUT2D eigenvalue weighted by atomic mass is 16.2. The number of hydrogen-bond donors (Lipinski definition) is 0. The Morgan fingerprint density at radius 3 is 1.72 bits per heavy atom. The fraction of sp³-hybridized carbons (Fsp3) is 0.0769. The van der Waals surface area contributed by atoms with E-state index in [1.54, 1.807) is 6.20 Å². The van der Waals surface area contributed by atoms with Crippen LogP contribution in [0.1, 0.15) is 22.7 Å². The molecule has 0 bridgehead atoms. The summed E-state index contributed by atoms with van der Waals surface area (Å²) >= 11 is 0. The molecule has 0 unspecified atom stereocenters. The summed E-state index contributed by atoms with van der Waals surface area (Å²) in [6.45, 7) is 0.417. The van der Waals surface area contributed by atoms with Crippen LogP contribution in [0.4, 0.5) is 5.69 Å². The summed E-state index contributed by atoms with van der Waals surface area (Å²) in [7, 11) is 0. The lowest BCUT2D eigenvalue weighted by Crippen LogP contribution is -2.35. The zero-order valence-electron chi connectivity index (χ0n) is 16.1. The topological polar surface area (TPSA) is 33.2 Å². The maximum Gasteiger partial charge on any atom is 0.239 e. The normalized spacial score (nSPS) is 10.7. The summed E-state index contributed by atoms with van der Waals surface area (Å²) in [5, 5.41) is 0. The van der Waals surface area contributed by atoms with Crippen LogP contribution in [0.2, 0.25) is 0 Å². The third-order valence-corrected chi connectivity index (χ3v) is 4.89. The van der Waals surface area contributed by atoms with Crippen molar-refractivity contribution >= 4 is 11.6 Å². The van der Waals surface area contributed by atoms with Gasteiger partial charge in [0.15, 0.2) is 0 Å². The summed E-state index contributed by atoms with van der Waals surface area (Å²) in [5.41, 5.74) is 3.67. The zero-order valence-corrected chi connectivity index (χ0v) is 16.1. The van der Waals surface area contributed by atoms with E-state index in [-0.39, 0.29) is 11.8 Å². The molecule has 0 N–H and O–H groups in total. The minimum absolute atomic E-state index is 0.0271. The number of pyridine rings is 1. The average molecular weight is 378 g/mol. The second-order valence-corrected chi connectivity index (χ2v) is 6.84. The van der Waals surface area contributed by atoms with Crippen LogP contribution >= 0.6 is 0 Å². The monoisotopic (exact) mass is 378 g/mol. The minimum atomic E-state index is -0.388. The molecule has 142 valence electrons. The summed E-state index contributed by atoms with van der Waals surface area (Å²) in [5.74, 6) is -0.361. The molecule has 3 nitrogen and oxygen atoms in total. The van der Waals surface area contributed by atoms with E-state index in [1.807, 2.05) is 114 Å². The number of rotatable bonds is 6. The lowest BCUT2D eigenvalue weighted by Gasteiger charge is -2.28. The molecule has 0 aliphatic carbocycles. The van der Waals surface area contributed by atoms with Crippen molar-refractivity contribution in [2.45, 2.75) is 12.5 Å². The Labute approximate surface area is 171 Å². The van der Waals surface area contributed by atoms with Crippen LogP contribution < -0.4 is 4.90 Å². The van der Waals surface area contributed by atoms with Gasteiger partial charge in [-0.05, 0) is 35.4 Å². The number of carbonyl (C=O) groups is 1.